The molecule has 0 saturated carbocycles. The number of hydrogen-bond donors (Lipinski definition) is 3. The Morgan fingerprint density at radius 1 is 1.13 bits per heavy atom. The fraction of sp³-hybridized carbons (Fsp3) is 0.200. The van der Waals surface area contributed by atoms with Crippen molar-refractivity contribution in [2.24, 2.45) is 0 Å². The van der Waals surface area contributed by atoms with E-state index in [1.54, 1.807) is 30.5 Å². The number of ether oxygens (including phenoxy) is 1. The number of sulfonamides is 1. The Hall–Kier alpha value is -3.24. The standard InChI is InChI=1S/C20H20FN5O3S/c1-29-18-7-6-13(10-17(18)21)16-12-23-20-25-14-4-2-5-15(11-14)30(27,28)24-9-3-8-22-19(16)26-20/h2,4-7,10-12,24H,3,8-9H2,1H3,(H2,22,23,25,26). The maximum Gasteiger partial charge on any atom is 0.240 e. The van der Waals surface area contributed by atoms with E-state index in [4.69, 9.17) is 4.74 Å². The van der Waals surface area contributed by atoms with Gasteiger partial charge in [0.1, 0.15) is 5.82 Å². The van der Waals surface area contributed by atoms with Crippen LogP contribution in [0.2, 0.25) is 0 Å². The van der Waals surface area contributed by atoms with Gasteiger partial charge in [-0.3, -0.25) is 0 Å². The molecule has 0 aliphatic carbocycles. The van der Waals surface area contributed by atoms with Crippen molar-refractivity contribution in [1.29, 1.82) is 0 Å². The van der Waals surface area contributed by atoms with Crippen LogP contribution in [0.25, 0.3) is 11.1 Å². The van der Waals surface area contributed by atoms with E-state index in [9.17, 15) is 12.8 Å². The van der Waals surface area contributed by atoms with Crippen LogP contribution in [0, 0.1) is 5.82 Å². The van der Waals surface area contributed by atoms with Crippen molar-refractivity contribution >= 4 is 27.5 Å². The molecule has 3 aromatic rings. The minimum atomic E-state index is -3.61. The van der Waals surface area contributed by atoms with Gasteiger partial charge in [-0.2, -0.15) is 4.98 Å². The lowest BCUT2D eigenvalue weighted by Crippen LogP contribution is -2.26. The molecule has 0 saturated heterocycles. The molecule has 1 aromatic heterocycles. The molecule has 0 unspecified atom stereocenters. The van der Waals surface area contributed by atoms with Crippen molar-refractivity contribution < 1.29 is 17.5 Å². The van der Waals surface area contributed by atoms with E-state index in [2.05, 4.69) is 25.3 Å². The second-order valence-corrected chi connectivity index (χ2v) is 8.40. The molecular weight excluding hydrogens is 409 g/mol. The zero-order chi connectivity index (χ0) is 21.1. The first-order chi connectivity index (χ1) is 14.5. The molecule has 2 aromatic carbocycles. The van der Waals surface area contributed by atoms with Crippen LogP contribution in [0.1, 0.15) is 6.42 Å². The molecule has 0 spiro atoms. The SMILES string of the molecule is COc1ccc(-c2cnc3nc2NCCCNS(=O)(=O)c2cccc(c2)N3)cc1F. The lowest BCUT2D eigenvalue weighted by Gasteiger charge is -2.13. The quantitative estimate of drug-likeness (QED) is 0.575. The number of nitrogens with zero attached hydrogens (tertiary/aromatic N) is 2. The van der Waals surface area contributed by atoms with Crippen LogP contribution >= 0.6 is 0 Å². The number of anilines is 3. The Balaban J connectivity index is 1.74. The Morgan fingerprint density at radius 2 is 2.00 bits per heavy atom. The fourth-order valence-corrected chi connectivity index (χ4v) is 4.20. The second-order valence-electron chi connectivity index (χ2n) is 6.64. The number of hydrogen-bond acceptors (Lipinski definition) is 7. The zero-order valence-corrected chi connectivity index (χ0v) is 17.0. The average Bonchev–Trinajstić information content (AvgIpc) is 2.73. The monoisotopic (exact) mass is 429 g/mol. The van der Waals surface area contributed by atoms with Crippen molar-refractivity contribution in [2.75, 3.05) is 30.8 Å². The molecule has 8 nitrogen and oxygen atoms in total. The Kier molecular flexibility index (Phi) is 5.51. The van der Waals surface area contributed by atoms with Gasteiger partial charge in [0, 0.05) is 30.5 Å². The summed E-state index contributed by atoms with van der Waals surface area (Å²) in [5, 5.41) is 6.21. The highest BCUT2D eigenvalue weighted by atomic mass is 32.2. The summed E-state index contributed by atoms with van der Waals surface area (Å²) in [6, 6.07) is 11.0. The maximum atomic E-state index is 14.2. The topological polar surface area (TPSA) is 105 Å². The maximum absolute atomic E-state index is 14.2. The minimum Gasteiger partial charge on any atom is -0.494 e. The zero-order valence-electron chi connectivity index (χ0n) is 16.1. The van der Waals surface area contributed by atoms with Crippen molar-refractivity contribution in [1.82, 2.24) is 14.7 Å². The largest absolute Gasteiger partial charge is 0.494 e. The van der Waals surface area contributed by atoms with Gasteiger partial charge < -0.3 is 15.4 Å². The molecule has 4 bridgehead atoms. The van der Waals surface area contributed by atoms with Crippen molar-refractivity contribution in [3.63, 3.8) is 0 Å². The highest BCUT2D eigenvalue weighted by molar-refractivity contribution is 7.89. The molecule has 156 valence electrons. The van der Waals surface area contributed by atoms with Crippen LogP contribution in [0.5, 0.6) is 5.75 Å². The third-order valence-electron chi connectivity index (χ3n) is 4.59. The van der Waals surface area contributed by atoms with Gasteiger partial charge in [0.15, 0.2) is 11.6 Å². The summed E-state index contributed by atoms with van der Waals surface area (Å²) < 4.78 is 46.6. The predicted octanol–water partition coefficient (Wildman–Crippen LogP) is 3.13. The van der Waals surface area contributed by atoms with E-state index in [1.165, 1.54) is 25.3 Å². The third-order valence-corrected chi connectivity index (χ3v) is 6.05. The first kappa shape index (κ1) is 20.0. The molecule has 30 heavy (non-hydrogen) atoms. The lowest BCUT2D eigenvalue weighted by atomic mass is 10.1. The summed E-state index contributed by atoms with van der Waals surface area (Å²) in [5.74, 6) is 0.464. The van der Waals surface area contributed by atoms with Crippen molar-refractivity contribution in [3.8, 4) is 16.9 Å². The van der Waals surface area contributed by atoms with E-state index in [1.807, 2.05) is 0 Å². The van der Waals surface area contributed by atoms with Crippen molar-refractivity contribution in [2.45, 2.75) is 11.3 Å². The number of rotatable bonds is 2. The fourth-order valence-electron chi connectivity index (χ4n) is 3.08. The van der Waals surface area contributed by atoms with Gasteiger partial charge in [-0.05, 0) is 42.3 Å². The number of nitrogens with one attached hydrogen (secondary N) is 3. The van der Waals surface area contributed by atoms with Crippen LogP contribution < -0.4 is 20.1 Å². The molecule has 10 heteroatoms. The molecule has 0 amide bonds. The number of benzene rings is 2. The summed E-state index contributed by atoms with van der Waals surface area (Å²) in [6.07, 6.45) is 2.12. The van der Waals surface area contributed by atoms with Gasteiger partial charge >= 0.3 is 0 Å². The van der Waals surface area contributed by atoms with Gasteiger partial charge in [-0.25, -0.2) is 22.5 Å². The Labute approximate surface area is 173 Å². The van der Waals surface area contributed by atoms with Crippen LogP contribution in [-0.2, 0) is 10.0 Å². The Bertz CT molecular complexity index is 1190. The first-order valence-electron chi connectivity index (χ1n) is 9.28. The number of aromatic nitrogens is 2. The lowest BCUT2D eigenvalue weighted by molar-refractivity contribution is 0.386. The average molecular weight is 429 g/mol. The summed E-state index contributed by atoms with van der Waals surface area (Å²) >= 11 is 0. The summed E-state index contributed by atoms with van der Waals surface area (Å²) in [7, 11) is -2.20. The summed E-state index contributed by atoms with van der Waals surface area (Å²) in [4.78, 5) is 8.99. The normalized spacial score (nSPS) is 15.5. The first-order valence-corrected chi connectivity index (χ1v) is 10.8. The van der Waals surface area contributed by atoms with Gasteiger partial charge in [0.25, 0.3) is 0 Å². The number of methoxy groups -OCH3 is 1. The molecule has 2 heterocycles. The molecule has 0 radical (unpaired) electrons. The minimum absolute atomic E-state index is 0.151. The smallest absolute Gasteiger partial charge is 0.240 e. The van der Waals surface area contributed by atoms with Crippen LogP contribution in [0.4, 0.5) is 21.8 Å². The van der Waals surface area contributed by atoms with E-state index in [0.29, 0.717) is 35.6 Å². The number of fused-ring (bicyclic) bond motifs is 4. The van der Waals surface area contributed by atoms with Crippen molar-refractivity contribution in [3.05, 3.63) is 54.5 Å². The van der Waals surface area contributed by atoms with E-state index in [0.717, 1.165) is 0 Å². The molecule has 3 N–H and O–H groups in total. The third kappa shape index (κ3) is 4.19. The number of halogens is 1. The Morgan fingerprint density at radius 3 is 2.80 bits per heavy atom. The van der Waals surface area contributed by atoms with E-state index in [-0.39, 0.29) is 23.1 Å². The van der Waals surface area contributed by atoms with Crippen LogP contribution in [0.3, 0.4) is 0 Å². The van der Waals surface area contributed by atoms with E-state index >= 15 is 0 Å². The van der Waals surface area contributed by atoms with Gasteiger partial charge in [-0.15, -0.1) is 0 Å². The molecule has 1 aliphatic heterocycles. The van der Waals surface area contributed by atoms with Gasteiger partial charge in [0.2, 0.25) is 16.0 Å². The second kappa shape index (κ2) is 8.25. The van der Waals surface area contributed by atoms with Crippen LogP contribution in [-0.4, -0.2) is 38.6 Å². The molecule has 0 fully saturated rings. The molecular formula is C20H20FN5O3S. The predicted molar refractivity (Wildman–Crippen MR) is 112 cm³/mol. The van der Waals surface area contributed by atoms with E-state index < -0.39 is 15.8 Å². The summed E-state index contributed by atoms with van der Waals surface area (Å²) in [5.41, 5.74) is 1.74. The highest BCUT2D eigenvalue weighted by Crippen LogP contribution is 2.31. The van der Waals surface area contributed by atoms with Gasteiger partial charge in [0.05, 0.1) is 12.0 Å². The molecule has 1 aliphatic rings. The van der Waals surface area contributed by atoms with Crippen LogP contribution in [0.15, 0.2) is 53.6 Å². The van der Waals surface area contributed by atoms with Gasteiger partial charge in [-0.1, -0.05) is 12.1 Å². The molecule has 0 atom stereocenters. The summed E-state index contributed by atoms with van der Waals surface area (Å²) in [6.45, 7) is 0.722. The molecule has 4 rings (SSSR count). The highest BCUT2D eigenvalue weighted by Gasteiger charge is 2.16.